The maximum Gasteiger partial charge on any atom is 0.138 e. The number of nitrogens with zero attached hydrogens (tertiary/aromatic N) is 2. The van der Waals surface area contributed by atoms with Gasteiger partial charge in [-0.3, -0.25) is 0 Å². The summed E-state index contributed by atoms with van der Waals surface area (Å²) >= 11 is 1.46. The predicted molar refractivity (Wildman–Crippen MR) is 77.2 cm³/mol. The molecule has 0 spiro atoms. The maximum absolute atomic E-state index is 13.6. The Bertz CT molecular complexity index is 758. The fraction of sp³-hybridized carbons (Fsp3) is 0.143. The van der Waals surface area contributed by atoms with Crippen LogP contribution in [-0.2, 0) is 0 Å². The molecule has 3 aromatic rings. The topological polar surface area (TPSA) is 58.0 Å². The molecule has 1 unspecified atom stereocenters. The molecule has 0 bridgehead atoms. The van der Waals surface area contributed by atoms with Crippen LogP contribution in [0.5, 0.6) is 0 Å². The Labute approximate surface area is 123 Å². The minimum atomic E-state index is -1.31. The van der Waals surface area contributed by atoms with Crippen LogP contribution in [0.25, 0.3) is 10.2 Å². The highest BCUT2D eigenvalue weighted by Gasteiger charge is 2.18. The first-order chi connectivity index (χ1) is 10.2. The van der Waals surface area contributed by atoms with E-state index in [1.807, 2.05) is 11.4 Å². The molecule has 2 N–H and O–H groups in total. The van der Waals surface area contributed by atoms with Crippen LogP contribution in [0.3, 0.4) is 0 Å². The lowest BCUT2D eigenvalue weighted by Gasteiger charge is -2.14. The van der Waals surface area contributed by atoms with Crippen molar-refractivity contribution in [2.45, 2.75) is 6.10 Å². The first-order valence-corrected chi connectivity index (χ1v) is 7.09. The second-order valence-corrected chi connectivity index (χ2v) is 5.29. The van der Waals surface area contributed by atoms with E-state index >= 15 is 0 Å². The molecule has 0 saturated heterocycles. The molecule has 0 aliphatic heterocycles. The number of fused-ring (bicyclic) bond motifs is 1. The summed E-state index contributed by atoms with van der Waals surface area (Å²) in [6.07, 6.45) is 0.0897. The molecule has 7 heteroatoms. The maximum atomic E-state index is 13.6. The van der Waals surface area contributed by atoms with Gasteiger partial charge in [0.2, 0.25) is 0 Å². The van der Waals surface area contributed by atoms with Gasteiger partial charge in [-0.15, -0.1) is 11.3 Å². The van der Waals surface area contributed by atoms with E-state index in [1.54, 1.807) is 0 Å². The van der Waals surface area contributed by atoms with Gasteiger partial charge in [0.15, 0.2) is 0 Å². The van der Waals surface area contributed by atoms with Crippen LogP contribution in [0.4, 0.5) is 14.6 Å². The first kappa shape index (κ1) is 13.8. The van der Waals surface area contributed by atoms with Gasteiger partial charge in [0.25, 0.3) is 0 Å². The zero-order valence-electron chi connectivity index (χ0n) is 10.8. The molecule has 21 heavy (non-hydrogen) atoms. The van der Waals surface area contributed by atoms with E-state index in [9.17, 15) is 13.9 Å². The number of aliphatic hydroxyl groups excluding tert-OH is 1. The number of anilines is 1. The van der Waals surface area contributed by atoms with E-state index in [4.69, 9.17) is 0 Å². The highest BCUT2D eigenvalue weighted by Crippen LogP contribution is 2.25. The number of aromatic nitrogens is 2. The Morgan fingerprint density at radius 3 is 2.71 bits per heavy atom. The number of aliphatic hydroxyl groups is 1. The van der Waals surface area contributed by atoms with Crippen molar-refractivity contribution in [2.24, 2.45) is 0 Å². The molecule has 0 aliphatic rings. The van der Waals surface area contributed by atoms with Gasteiger partial charge >= 0.3 is 0 Å². The summed E-state index contributed by atoms with van der Waals surface area (Å²) < 4.78 is 27.2. The van der Waals surface area contributed by atoms with E-state index in [1.165, 1.54) is 23.7 Å². The number of nitrogens with one attached hydrogen (secondary N) is 1. The van der Waals surface area contributed by atoms with Crippen molar-refractivity contribution < 1.29 is 13.9 Å². The van der Waals surface area contributed by atoms with Gasteiger partial charge < -0.3 is 10.4 Å². The Kier molecular flexibility index (Phi) is 3.76. The number of hydrogen-bond acceptors (Lipinski definition) is 5. The van der Waals surface area contributed by atoms with E-state index in [2.05, 4.69) is 15.3 Å². The van der Waals surface area contributed by atoms with Crippen LogP contribution in [0.2, 0.25) is 0 Å². The minimum absolute atomic E-state index is 0.0557. The van der Waals surface area contributed by atoms with E-state index in [-0.39, 0.29) is 12.1 Å². The quantitative estimate of drug-likeness (QED) is 0.777. The van der Waals surface area contributed by atoms with Crippen LogP contribution >= 0.6 is 11.3 Å². The fourth-order valence-electron chi connectivity index (χ4n) is 2.06. The molecule has 3 rings (SSSR count). The third-order valence-electron chi connectivity index (χ3n) is 3.06. The third-order valence-corrected chi connectivity index (χ3v) is 3.88. The number of rotatable bonds is 4. The Morgan fingerprint density at radius 2 is 1.95 bits per heavy atom. The number of benzene rings is 1. The lowest BCUT2D eigenvalue weighted by atomic mass is 10.1. The summed E-state index contributed by atoms with van der Waals surface area (Å²) in [6.45, 7) is -0.0557. The van der Waals surface area contributed by atoms with E-state index in [0.717, 1.165) is 22.3 Å². The highest BCUT2D eigenvalue weighted by atomic mass is 32.1. The molecule has 0 radical (unpaired) electrons. The van der Waals surface area contributed by atoms with E-state index < -0.39 is 17.7 Å². The lowest BCUT2D eigenvalue weighted by Crippen LogP contribution is -2.15. The third kappa shape index (κ3) is 2.70. The Balaban J connectivity index is 1.80. The largest absolute Gasteiger partial charge is 0.386 e. The molecule has 0 amide bonds. The monoisotopic (exact) mass is 307 g/mol. The normalized spacial score (nSPS) is 12.5. The molecule has 2 heterocycles. The van der Waals surface area contributed by atoms with E-state index in [0.29, 0.717) is 5.82 Å². The molecular formula is C14H11F2N3OS. The molecular weight excluding hydrogens is 296 g/mol. The summed E-state index contributed by atoms with van der Waals surface area (Å²) in [5, 5.41) is 15.6. The highest BCUT2D eigenvalue weighted by molar-refractivity contribution is 7.16. The van der Waals surface area contributed by atoms with Crippen molar-refractivity contribution in [1.82, 2.24) is 9.97 Å². The van der Waals surface area contributed by atoms with Gasteiger partial charge in [-0.1, -0.05) is 6.07 Å². The van der Waals surface area contributed by atoms with Crippen molar-refractivity contribution in [1.29, 1.82) is 0 Å². The summed E-state index contributed by atoms with van der Waals surface area (Å²) in [4.78, 5) is 8.98. The average Bonchev–Trinajstić information content (AvgIpc) is 2.93. The van der Waals surface area contributed by atoms with Crippen LogP contribution in [0.15, 0.2) is 36.0 Å². The standard InChI is InChI=1S/C14H11F2N3OS/c15-9-2-1-3-10(16)12(9)11(20)6-17-13-8-4-5-21-14(8)19-7-18-13/h1-5,7,11,20H,6H2,(H,17,18,19). The molecule has 1 atom stereocenters. The molecule has 2 aromatic heterocycles. The van der Waals surface area contributed by atoms with Crippen molar-refractivity contribution >= 4 is 27.4 Å². The molecule has 0 saturated carbocycles. The SMILES string of the molecule is OC(CNc1ncnc2sccc12)c1c(F)cccc1F. The van der Waals surface area contributed by atoms with Crippen LogP contribution < -0.4 is 5.32 Å². The second kappa shape index (κ2) is 5.71. The van der Waals surface area contributed by atoms with Gasteiger partial charge in [0.1, 0.15) is 34.7 Å². The Hall–Kier alpha value is -2.12. The smallest absolute Gasteiger partial charge is 0.138 e. The first-order valence-electron chi connectivity index (χ1n) is 6.21. The van der Waals surface area contributed by atoms with Gasteiger partial charge in [0, 0.05) is 6.54 Å². The molecule has 0 aliphatic carbocycles. The summed E-state index contributed by atoms with van der Waals surface area (Å²) in [6, 6.07) is 5.33. The van der Waals surface area contributed by atoms with Gasteiger partial charge in [0.05, 0.1) is 10.9 Å². The van der Waals surface area contributed by atoms with Gasteiger partial charge in [-0.2, -0.15) is 0 Å². The fourth-order valence-corrected chi connectivity index (χ4v) is 2.79. The number of hydrogen-bond donors (Lipinski definition) is 2. The van der Waals surface area contributed by atoms with Gasteiger partial charge in [-0.25, -0.2) is 18.7 Å². The van der Waals surface area contributed by atoms with Crippen LogP contribution in [0, 0.1) is 11.6 Å². The minimum Gasteiger partial charge on any atom is -0.386 e. The lowest BCUT2D eigenvalue weighted by molar-refractivity contribution is 0.181. The molecule has 108 valence electrons. The molecule has 1 aromatic carbocycles. The zero-order chi connectivity index (χ0) is 14.8. The number of thiophene rings is 1. The average molecular weight is 307 g/mol. The van der Waals surface area contributed by atoms with Gasteiger partial charge in [-0.05, 0) is 23.6 Å². The Morgan fingerprint density at radius 1 is 1.19 bits per heavy atom. The van der Waals surface area contributed by atoms with Crippen molar-refractivity contribution in [3.8, 4) is 0 Å². The second-order valence-electron chi connectivity index (χ2n) is 4.39. The summed E-state index contributed by atoms with van der Waals surface area (Å²) in [5.41, 5.74) is -0.347. The summed E-state index contributed by atoms with van der Waals surface area (Å²) in [5.74, 6) is -1.02. The predicted octanol–water partition coefficient (Wildman–Crippen LogP) is 3.12. The van der Waals surface area contributed by atoms with Crippen molar-refractivity contribution in [3.05, 3.63) is 53.2 Å². The van der Waals surface area contributed by atoms with Crippen LogP contribution in [-0.4, -0.2) is 21.6 Å². The van der Waals surface area contributed by atoms with Crippen LogP contribution in [0.1, 0.15) is 11.7 Å². The van der Waals surface area contributed by atoms with Crippen molar-refractivity contribution in [3.63, 3.8) is 0 Å². The van der Waals surface area contributed by atoms with Crippen molar-refractivity contribution in [2.75, 3.05) is 11.9 Å². The molecule has 4 nitrogen and oxygen atoms in total. The number of halogens is 2. The zero-order valence-corrected chi connectivity index (χ0v) is 11.6. The molecule has 0 fully saturated rings. The summed E-state index contributed by atoms with van der Waals surface area (Å²) in [7, 11) is 0.